The van der Waals surface area contributed by atoms with Gasteiger partial charge in [0.05, 0.1) is 23.2 Å². The van der Waals surface area contributed by atoms with Gasteiger partial charge in [0.15, 0.2) is 0 Å². The van der Waals surface area contributed by atoms with Gasteiger partial charge in [-0.25, -0.2) is 4.39 Å². The van der Waals surface area contributed by atoms with E-state index in [-0.39, 0.29) is 12.5 Å². The summed E-state index contributed by atoms with van der Waals surface area (Å²) in [7, 11) is 0. The highest BCUT2D eigenvalue weighted by atomic mass is 19.1. The maximum Gasteiger partial charge on any atom is 0.244 e. The molecule has 5 heteroatoms. The van der Waals surface area contributed by atoms with Crippen LogP contribution >= 0.6 is 0 Å². The number of carbonyl (C=O) groups excluding carboxylic acids is 1. The van der Waals surface area contributed by atoms with Gasteiger partial charge in [-0.15, -0.1) is 0 Å². The van der Waals surface area contributed by atoms with Gasteiger partial charge in [0, 0.05) is 0 Å². The van der Waals surface area contributed by atoms with Gasteiger partial charge in [-0.3, -0.25) is 4.79 Å². The predicted octanol–water partition coefficient (Wildman–Crippen LogP) is 2.97. The molecule has 3 rings (SSSR count). The van der Waals surface area contributed by atoms with Crippen LogP contribution in [0.1, 0.15) is 18.6 Å². The minimum Gasteiger partial charge on any atom is -0.389 e. The molecule has 0 fully saturated rings. The van der Waals surface area contributed by atoms with Crippen LogP contribution in [0.25, 0.3) is 0 Å². The molecule has 1 heterocycles. The first-order valence-electron chi connectivity index (χ1n) is 6.70. The molecule has 21 heavy (non-hydrogen) atoms. The third kappa shape index (κ3) is 2.48. The van der Waals surface area contributed by atoms with E-state index in [1.165, 1.54) is 6.07 Å². The van der Waals surface area contributed by atoms with E-state index >= 15 is 0 Å². The van der Waals surface area contributed by atoms with Gasteiger partial charge in [-0.05, 0) is 36.8 Å². The molecule has 0 saturated carbocycles. The van der Waals surface area contributed by atoms with E-state index in [0.717, 1.165) is 5.69 Å². The van der Waals surface area contributed by atoms with Gasteiger partial charge in [-0.1, -0.05) is 18.2 Å². The molecule has 4 nitrogen and oxygen atoms in total. The van der Waals surface area contributed by atoms with Crippen LogP contribution in [-0.4, -0.2) is 17.6 Å². The number of carbonyl (C=O) groups is 1. The van der Waals surface area contributed by atoms with Crippen LogP contribution in [-0.2, 0) is 4.79 Å². The summed E-state index contributed by atoms with van der Waals surface area (Å²) in [5, 5.41) is 12.3. The van der Waals surface area contributed by atoms with Gasteiger partial charge in [-0.2, -0.15) is 0 Å². The fourth-order valence-electron chi connectivity index (χ4n) is 2.45. The molecule has 1 aliphatic rings. The molecule has 0 bridgehead atoms. The number of anilines is 3. The van der Waals surface area contributed by atoms with Crippen LogP contribution in [0.15, 0.2) is 42.5 Å². The average molecular weight is 286 g/mol. The number of nitrogens with one attached hydrogen (secondary N) is 1. The number of amides is 1. The lowest BCUT2D eigenvalue weighted by atomic mass is 10.1. The number of fused-ring (bicyclic) bond motifs is 1. The lowest BCUT2D eigenvalue weighted by Gasteiger charge is -2.31. The maximum atomic E-state index is 14.3. The van der Waals surface area contributed by atoms with Crippen LogP contribution in [0, 0.1) is 5.82 Å². The first-order chi connectivity index (χ1) is 10.1. The van der Waals surface area contributed by atoms with Crippen LogP contribution in [0.4, 0.5) is 21.5 Å². The van der Waals surface area contributed by atoms with Crippen molar-refractivity contribution in [1.29, 1.82) is 0 Å². The van der Waals surface area contributed by atoms with E-state index in [1.807, 2.05) is 18.2 Å². The quantitative estimate of drug-likeness (QED) is 0.892. The predicted molar refractivity (Wildman–Crippen MR) is 79.1 cm³/mol. The minimum atomic E-state index is -0.731. The third-order valence-corrected chi connectivity index (χ3v) is 3.52. The highest BCUT2D eigenvalue weighted by Gasteiger charge is 2.24. The van der Waals surface area contributed by atoms with Gasteiger partial charge in [0.2, 0.25) is 5.91 Å². The van der Waals surface area contributed by atoms with E-state index in [1.54, 1.807) is 30.0 Å². The Bertz CT molecular complexity index is 700. The van der Waals surface area contributed by atoms with Gasteiger partial charge < -0.3 is 15.3 Å². The highest BCUT2D eigenvalue weighted by Crippen LogP contribution is 2.36. The summed E-state index contributed by atoms with van der Waals surface area (Å²) in [6.45, 7) is 1.64. The molecule has 0 aliphatic carbocycles. The van der Waals surface area contributed by atoms with Crippen LogP contribution in [0.5, 0.6) is 0 Å². The second-order valence-corrected chi connectivity index (χ2v) is 5.04. The topological polar surface area (TPSA) is 52.6 Å². The third-order valence-electron chi connectivity index (χ3n) is 3.52. The van der Waals surface area contributed by atoms with Crippen LogP contribution in [0.3, 0.4) is 0 Å². The Labute approximate surface area is 121 Å². The number of hydrogen-bond acceptors (Lipinski definition) is 3. The largest absolute Gasteiger partial charge is 0.389 e. The molecule has 108 valence electrons. The first-order valence-corrected chi connectivity index (χ1v) is 6.70. The Morgan fingerprint density at radius 3 is 2.71 bits per heavy atom. The molecule has 1 atom stereocenters. The van der Waals surface area contributed by atoms with Crippen molar-refractivity contribution in [2.75, 3.05) is 16.8 Å². The zero-order chi connectivity index (χ0) is 15.0. The van der Waals surface area contributed by atoms with Crippen molar-refractivity contribution >= 4 is 23.0 Å². The first kappa shape index (κ1) is 13.6. The van der Waals surface area contributed by atoms with E-state index in [9.17, 15) is 14.3 Å². The van der Waals surface area contributed by atoms with Crippen molar-refractivity contribution in [1.82, 2.24) is 0 Å². The summed E-state index contributed by atoms with van der Waals surface area (Å²) in [4.78, 5) is 13.4. The van der Waals surface area contributed by atoms with E-state index in [0.29, 0.717) is 16.9 Å². The Hall–Kier alpha value is -2.40. The molecular formula is C16H15FN2O2. The van der Waals surface area contributed by atoms with Crippen LogP contribution in [0.2, 0.25) is 0 Å². The monoisotopic (exact) mass is 286 g/mol. The summed E-state index contributed by atoms with van der Waals surface area (Å²) in [6.07, 6.45) is -0.731. The number of nitrogens with zero attached hydrogens (tertiary/aromatic N) is 1. The van der Waals surface area contributed by atoms with Crippen molar-refractivity contribution in [2.24, 2.45) is 0 Å². The highest BCUT2D eigenvalue weighted by molar-refractivity contribution is 6.03. The summed E-state index contributed by atoms with van der Waals surface area (Å²) in [6, 6.07) is 11.8. The number of benzene rings is 2. The maximum absolute atomic E-state index is 14.3. The molecule has 2 aromatic rings. The lowest BCUT2D eigenvalue weighted by molar-refractivity contribution is -0.115. The molecule has 1 unspecified atom stereocenters. The summed E-state index contributed by atoms with van der Waals surface area (Å²) in [5.41, 5.74) is 2.24. The molecule has 2 N–H and O–H groups in total. The second-order valence-electron chi connectivity index (χ2n) is 5.04. The Morgan fingerprint density at radius 1 is 1.24 bits per heavy atom. The number of aliphatic hydroxyl groups is 1. The number of para-hydroxylation sites is 2. The average Bonchev–Trinajstić information content (AvgIpc) is 2.46. The number of rotatable bonds is 2. The standard InChI is InChI=1S/C16H15FN2O2/c1-10(20)11-6-7-14(12(17)8-11)19-9-16(21)18-13-4-2-3-5-15(13)19/h2-8,10,20H,9H2,1H3,(H,18,21). The summed E-state index contributed by atoms with van der Waals surface area (Å²) < 4.78 is 14.3. The zero-order valence-corrected chi connectivity index (χ0v) is 11.5. The van der Waals surface area contributed by atoms with E-state index in [2.05, 4.69) is 5.32 Å². The molecule has 1 aliphatic heterocycles. The number of hydrogen-bond donors (Lipinski definition) is 2. The van der Waals surface area contributed by atoms with Gasteiger partial charge >= 0.3 is 0 Å². The van der Waals surface area contributed by atoms with Crippen molar-refractivity contribution in [3.05, 3.63) is 53.8 Å². The molecule has 0 radical (unpaired) electrons. The van der Waals surface area contributed by atoms with Crippen molar-refractivity contribution in [3.8, 4) is 0 Å². The van der Waals surface area contributed by atoms with E-state index < -0.39 is 11.9 Å². The Balaban J connectivity index is 2.07. The molecule has 1 amide bonds. The van der Waals surface area contributed by atoms with Crippen molar-refractivity contribution < 1.29 is 14.3 Å². The molecule has 0 saturated heterocycles. The van der Waals surface area contributed by atoms with E-state index in [4.69, 9.17) is 0 Å². The number of halogens is 1. The molecule has 0 aromatic heterocycles. The Kier molecular flexibility index (Phi) is 3.35. The summed E-state index contributed by atoms with van der Waals surface area (Å²) >= 11 is 0. The molecule has 0 spiro atoms. The van der Waals surface area contributed by atoms with Gasteiger partial charge in [0.1, 0.15) is 12.4 Å². The number of aliphatic hydroxyl groups excluding tert-OH is 1. The van der Waals surface area contributed by atoms with Crippen LogP contribution < -0.4 is 10.2 Å². The SMILES string of the molecule is CC(O)c1ccc(N2CC(=O)Nc3ccccc32)c(F)c1. The van der Waals surface area contributed by atoms with Gasteiger partial charge in [0.25, 0.3) is 0 Å². The van der Waals surface area contributed by atoms with Crippen molar-refractivity contribution in [2.45, 2.75) is 13.0 Å². The zero-order valence-electron chi connectivity index (χ0n) is 11.5. The normalized spacial score (nSPS) is 15.4. The fourth-order valence-corrected chi connectivity index (χ4v) is 2.45. The smallest absolute Gasteiger partial charge is 0.244 e. The summed E-state index contributed by atoms with van der Waals surface area (Å²) in [5.74, 6) is -0.648. The fraction of sp³-hybridized carbons (Fsp3) is 0.188. The minimum absolute atomic E-state index is 0.0575. The molecular weight excluding hydrogens is 271 g/mol. The lowest BCUT2D eigenvalue weighted by Crippen LogP contribution is -2.35. The molecule has 2 aromatic carbocycles. The Morgan fingerprint density at radius 2 is 2.00 bits per heavy atom. The van der Waals surface area contributed by atoms with Crippen molar-refractivity contribution in [3.63, 3.8) is 0 Å². The second kappa shape index (κ2) is 5.18.